The quantitative estimate of drug-likeness (QED) is 0.217. The number of hydrogen-bond acceptors (Lipinski definition) is 2. The summed E-state index contributed by atoms with van der Waals surface area (Å²) in [4.78, 5) is 1.37. The molecule has 1 aliphatic rings. The van der Waals surface area contributed by atoms with Crippen molar-refractivity contribution in [1.82, 2.24) is 0 Å². The van der Waals surface area contributed by atoms with Crippen LogP contribution in [0.4, 0.5) is 0 Å². The maximum atomic E-state index is 5.83. The molecule has 0 saturated carbocycles. The molecule has 0 aromatic heterocycles. The lowest BCUT2D eigenvalue weighted by atomic mass is 10.2. The van der Waals surface area contributed by atoms with Gasteiger partial charge in [-0.15, -0.1) is 0 Å². The van der Waals surface area contributed by atoms with E-state index < -0.39 is 48.4 Å². The van der Waals surface area contributed by atoms with E-state index in [9.17, 15) is 0 Å². The van der Waals surface area contributed by atoms with Crippen LogP contribution < -0.4 is 0 Å². The molecule has 3 rings (SSSR count). The minimum Gasteiger partial charge on any atom is -0.236 e. The zero-order chi connectivity index (χ0) is 27.1. The lowest BCUT2D eigenvalue weighted by molar-refractivity contribution is 1.40. The summed E-state index contributed by atoms with van der Waals surface area (Å²) in [6, 6.07) is 22.4. The van der Waals surface area contributed by atoms with Crippen LogP contribution in [0.1, 0.15) is 11.1 Å². The minimum atomic E-state index is -1.53. The maximum Gasteiger partial charge on any atom is 0.135 e. The molecule has 0 fully saturated rings. The molecular formula is C28H48N2P2Si4. The van der Waals surface area contributed by atoms with Crippen molar-refractivity contribution >= 4 is 59.3 Å². The molecule has 0 aliphatic carbocycles. The van der Waals surface area contributed by atoms with Gasteiger partial charge in [-0.1, -0.05) is 139 Å². The van der Waals surface area contributed by atoms with E-state index in [0.717, 1.165) is 0 Å². The van der Waals surface area contributed by atoms with Crippen LogP contribution in [0.5, 0.6) is 0 Å². The van der Waals surface area contributed by atoms with Gasteiger partial charge >= 0.3 is 0 Å². The Bertz CT molecular complexity index is 1010. The van der Waals surface area contributed by atoms with Crippen molar-refractivity contribution in [1.29, 1.82) is 0 Å². The molecule has 196 valence electrons. The second-order valence-corrected chi connectivity index (χ2v) is 42.5. The fraction of sp³-hybridized carbons (Fsp3) is 0.500. The number of benzene rings is 2. The molecule has 0 unspecified atom stereocenters. The van der Waals surface area contributed by atoms with Gasteiger partial charge in [-0.2, -0.15) is 0 Å². The Labute approximate surface area is 228 Å². The molecule has 2 aromatic rings. The Balaban J connectivity index is 2.40. The zero-order valence-corrected chi connectivity index (χ0v) is 30.5. The molecule has 0 saturated heterocycles. The third-order valence-electron chi connectivity index (χ3n) is 6.69. The number of nitrogens with zero attached hydrogens (tertiary/aromatic N) is 2. The summed E-state index contributed by atoms with van der Waals surface area (Å²) in [5.41, 5.74) is 5.49. The van der Waals surface area contributed by atoms with Crippen molar-refractivity contribution in [2.24, 2.45) is 9.53 Å². The Hall–Kier alpha value is -0.492. The van der Waals surface area contributed by atoms with Gasteiger partial charge in [-0.3, -0.25) is 0 Å². The monoisotopic (exact) mass is 586 g/mol. The van der Waals surface area contributed by atoms with Crippen molar-refractivity contribution in [3.05, 3.63) is 71.8 Å². The highest BCUT2D eigenvalue weighted by Gasteiger charge is 2.51. The second kappa shape index (κ2) is 10.9. The lowest BCUT2D eigenvalue weighted by Crippen LogP contribution is -2.55. The Kier molecular flexibility index (Phi) is 9.13. The predicted octanol–water partition coefficient (Wildman–Crippen LogP) is 9.93. The van der Waals surface area contributed by atoms with Crippen LogP contribution in [0.2, 0.25) is 78.6 Å². The normalized spacial score (nSPS) is 19.9. The first-order valence-corrected chi connectivity index (χ1v) is 30.3. The van der Waals surface area contributed by atoms with E-state index in [1.54, 1.807) is 0 Å². The van der Waals surface area contributed by atoms with Crippen molar-refractivity contribution in [2.45, 2.75) is 88.4 Å². The largest absolute Gasteiger partial charge is 0.236 e. The zero-order valence-electron chi connectivity index (χ0n) is 24.7. The van der Waals surface area contributed by atoms with E-state index in [0.29, 0.717) is 9.81 Å². The Morgan fingerprint density at radius 2 is 0.778 bits per heavy atom. The molecule has 2 aromatic carbocycles. The fourth-order valence-corrected chi connectivity index (χ4v) is 44.9. The van der Waals surface area contributed by atoms with E-state index in [-0.39, 0.29) is 0 Å². The highest BCUT2D eigenvalue weighted by molar-refractivity contribution is 7.96. The molecule has 1 heterocycles. The van der Waals surface area contributed by atoms with Crippen molar-refractivity contribution in [2.75, 3.05) is 0 Å². The van der Waals surface area contributed by atoms with E-state index in [1.807, 2.05) is 0 Å². The molecule has 1 aliphatic heterocycles. The van der Waals surface area contributed by atoms with Crippen molar-refractivity contribution in [3.8, 4) is 0 Å². The van der Waals surface area contributed by atoms with E-state index in [1.165, 1.54) is 22.0 Å². The summed E-state index contributed by atoms with van der Waals surface area (Å²) in [6.07, 6.45) is 0. The molecule has 0 radical (unpaired) electrons. The molecule has 2 nitrogen and oxygen atoms in total. The molecule has 0 bridgehead atoms. The van der Waals surface area contributed by atoms with Gasteiger partial charge in [0.25, 0.3) is 0 Å². The number of hydrogen-bond donors (Lipinski definition) is 0. The third kappa shape index (κ3) is 6.92. The molecule has 8 heteroatoms. The fourth-order valence-electron chi connectivity index (χ4n) is 6.41. The summed E-state index contributed by atoms with van der Waals surface area (Å²) in [5.74, 6) is 0. The Morgan fingerprint density at radius 3 is 1.06 bits per heavy atom. The van der Waals surface area contributed by atoms with Crippen LogP contribution in [-0.4, -0.2) is 53.0 Å². The smallest absolute Gasteiger partial charge is 0.135 e. The first-order chi connectivity index (χ1) is 16.4. The van der Waals surface area contributed by atoms with Crippen LogP contribution in [0.3, 0.4) is 0 Å². The summed E-state index contributed by atoms with van der Waals surface area (Å²) in [5, 5.41) is 0. The maximum absolute atomic E-state index is 5.83. The average Bonchev–Trinajstić information content (AvgIpc) is 2.71. The third-order valence-corrected chi connectivity index (χ3v) is 39.6. The van der Waals surface area contributed by atoms with Gasteiger partial charge < -0.3 is 0 Å². The average molecular weight is 587 g/mol. The Morgan fingerprint density at radius 1 is 0.472 bits per heavy atom. The van der Waals surface area contributed by atoms with Crippen LogP contribution in [-0.2, 0) is 0 Å². The molecule has 36 heavy (non-hydrogen) atoms. The van der Waals surface area contributed by atoms with Crippen LogP contribution >= 0.6 is 16.1 Å². The summed E-state index contributed by atoms with van der Waals surface area (Å²) < 4.78 is 11.7. The summed E-state index contributed by atoms with van der Waals surface area (Å²) >= 11 is 0. The van der Waals surface area contributed by atoms with E-state index >= 15 is 0 Å². The molecule has 0 amide bonds. The van der Waals surface area contributed by atoms with Crippen molar-refractivity contribution < 1.29 is 0 Å². The predicted molar refractivity (Wildman–Crippen MR) is 181 cm³/mol. The molecule has 0 spiro atoms. The highest BCUT2D eigenvalue weighted by Crippen LogP contribution is 2.64. The molecule has 0 atom stereocenters. The second-order valence-electron chi connectivity index (χ2n) is 14.5. The summed E-state index contributed by atoms with van der Waals surface area (Å²) in [6.45, 7) is 30.9. The summed E-state index contributed by atoms with van der Waals surface area (Å²) in [7, 11) is -7.50. The van der Waals surface area contributed by atoms with Gasteiger partial charge in [0.05, 0.1) is 43.2 Å². The topological polar surface area (TPSA) is 24.7 Å². The molecular weight excluding hydrogens is 539 g/mol. The molecule has 0 N–H and O–H groups in total. The number of rotatable bonds is 8. The SMILES string of the molecule is C[Si](C)(C)C(P1N=C(c2ccccc2)P(C([Si](C)(C)C)[Si](C)(C)C)C(c2ccccc2)=N1)[Si](C)(C)C. The van der Waals surface area contributed by atoms with Crippen LogP contribution in [0.25, 0.3) is 0 Å². The van der Waals surface area contributed by atoms with E-state index in [2.05, 4.69) is 139 Å². The first kappa shape index (κ1) is 30.1. The van der Waals surface area contributed by atoms with Gasteiger partial charge in [-0.05, 0) is 12.8 Å². The van der Waals surface area contributed by atoms with Gasteiger partial charge in [0.2, 0.25) is 0 Å². The van der Waals surface area contributed by atoms with Gasteiger partial charge in [0.1, 0.15) is 8.22 Å². The van der Waals surface area contributed by atoms with Crippen LogP contribution in [0, 0.1) is 0 Å². The van der Waals surface area contributed by atoms with Gasteiger partial charge in [0, 0.05) is 16.0 Å². The van der Waals surface area contributed by atoms with Crippen LogP contribution in [0.15, 0.2) is 70.2 Å². The van der Waals surface area contributed by atoms with E-state index in [4.69, 9.17) is 9.53 Å². The lowest BCUT2D eigenvalue weighted by Gasteiger charge is -2.48. The van der Waals surface area contributed by atoms with Gasteiger partial charge in [-0.25, -0.2) is 9.53 Å². The van der Waals surface area contributed by atoms with Gasteiger partial charge in [0.15, 0.2) is 0 Å². The standard InChI is InChI=1S/C28H48N2P2Si4/c1-33(2,3)27(34(4,5)6)31-25(23-19-15-13-16-20-23)29-32(28(35(7,8)9)36(10,11)12)30-26(31)24-21-17-14-18-22-24/h13-22,27-28H,1-12H3. The first-order valence-electron chi connectivity index (χ1n) is 13.3. The minimum absolute atomic E-state index is 0.643. The van der Waals surface area contributed by atoms with Crippen molar-refractivity contribution in [3.63, 3.8) is 0 Å². The highest BCUT2D eigenvalue weighted by atomic mass is 31.1.